The first kappa shape index (κ1) is 10.2. The maximum atomic E-state index is 10.3. The minimum absolute atomic E-state index is 0.0160. The van der Waals surface area contributed by atoms with Crippen molar-refractivity contribution in [1.29, 1.82) is 0 Å². The van der Waals surface area contributed by atoms with Crippen molar-refractivity contribution in [3.8, 4) is 0 Å². The lowest BCUT2D eigenvalue weighted by Crippen LogP contribution is -2.08. The highest BCUT2D eigenvalue weighted by molar-refractivity contribution is 6.33. The monoisotopic (exact) mass is 217 g/mol. The van der Waals surface area contributed by atoms with Crippen LogP contribution in [0.2, 0.25) is 5.02 Å². The molecule has 0 aliphatic rings. The summed E-state index contributed by atoms with van der Waals surface area (Å²) >= 11 is 5.55. The number of nitrogens with zero attached hydrogens (tertiary/aromatic N) is 2. The SMILES string of the molecule is O=[N+]([O-])Nc1ccc([N+](=O)[O-])cc1Cl. The van der Waals surface area contributed by atoms with Crippen LogP contribution in [0.1, 0.15) is 0 Å². The molecule has 0 saturated carbocycles. The lowest BCUT2D eigenvalue weighted by molar-refractivity contribution is -0.445. The summed E-state index contributed by atoms with van der Waals surface area (Å²) in [5.41, 5.74) is 1.60. The Morgan fingerprint density at radius 3 is 2.36 bits per heavy atom. The van der Waals surface area contributed by atoms with Gasteiger partial charge in [0.1, 0.15) is 5.69 Å². The van der Waals surface area contributed by atoms with Crippen molar-refractivity contribution in [3.63, 3.8) is 0 Å². The summed E-state index contributed by atoms with van der Waals surface area (Å²) in [6.07, 6.45) is 0. The van der Waals surface area contributed by atoms with Gasteiger partial charge in [-0.05, 0) is 6.07 Å². The minimum atomic E-state index is -0.799. The Labute approximate surface area is 82.6 Å². The molecule has 7 nitrogen and oxygen atoms in total. The van der Waals surface area contributed by atoms with Gasteiger partial charge in [-0.1, -0.05) is 11.6 Å². The third-order valence-electron chi connectivity index (χ3n) is 1.38. The molecule has 14 heavy (non-hydrogen) atoms. The number of benzene rings is 1. The summed E-state index contributed by atoms with van der Waals surface area (Å²) in [7, 11) is 0. The van der Waals surface area contributed by atoms with Gasteiger partial charge in [0.15, 0.2) is 5.03 Å². The second-order valence-electron chi connectivity index (χ2n) is 2.29. The number of hydrogen-bond acceptors (Lipinski definition) is 4. The summed E-state index contributed by atoms with van der Waals surface area (Å²) in [5, 5.41) is 19.4. The molecule has 8 heteroatoms. The Bertz CT molecular complexity index is 395. The second-order valence-corrected chi connectivity index (χ2v) is 2.70. The van der Waals surface area contributed by atoms with Gasteiger partial charge >= 0.3 is 0 Å². The molecular formula is C6H4ClN3O4. The molecule has 1 N–H and O–H groups in total. The van der Waals surface area contributed by atoms with Gasteiger partial charge < -0.3 is 0 Å². The normalized spacial score (nSPS) is 9.50. The molecule has 1 aromatic carbocycles. The second kappa shape index (κ2) is 3.88. The van der Waals surface area contributed by atoms with Gasteiger partial charge in [0.25, 0.3) is 5.69 Å². The van der Waals surface area contributed by atoms with Crippen LogP contribution < -0.4 is 5.43 Å². The number of nitro benzene ring substituents is 1. The van der Waals surface area contributed by atoms with E-state index in [9.17, 15) is 20.2 Å². The zero-order valence-electron chi connectivity index (χ0n) is 6.64. The molecule has 0 radical (unpaired) electrons. The van der Waals surface area contributed by atoms with Gasteiger partial charge in [-0.25, -0.2) is 10.1 Å². The van der Waals surface area contributed by atoms with Gasteiger partial charge in [-0.3, -0.25) is 10.1 Å². The summed E-state index contributed by atoms with van der Waals surface area (Å²) in [6, 6.07) is 3.33. The van der Waals surface area contributed by atoms with Crippen molar-refractivity contribution in [2.45, 2.75) is 0 Å². The van der Waals surface area contributed by atoms with Crippen LogP contribution in [-0.2, 0) is 0 Å². The average molecular weight is 218 g/mol. The zero-order valence-corrected chi connectivity index (χ0v) is 7.39. The van der Waals surface area contributed by atoms with Crippen LogP contribution in [0.3, 0.4) is 0 Å². The molecule has 0 aliphatic carbocycles. The fourth-order valence-electron chi connectivity index (χ4n) is 0.807. The first-order chi connectivity index (χ1) is 6.50. The van der Waals surface area contributed by atoms with E-state index in [-0.39, 0.29) is 16.4 Å². The molecule has 1 rings (SSSR count). The molecule has 0 unspecified atom stereocenters. The Kier molecular flexibility index (Phi) is 2.82. The molecule has 0 aromatic heterocycles. The van der Waals surface area contributed by atoms with Crippen LogP contribution >= 0.6 is 11.6 Å². The van der Waals surface area contributed by atoms with E-state index in [1.807, 2.05) is 0 Å². The van der Waals surface area contributed by atoms with Crippen LogP contribution in [0, 0.1) is 20.2 Å². The van der Waals surface area contributed by atoms with Crippen molar-refractivity contribution >= 4 is 23.0 Å². The van der Waals surface area contributed by atoms with E-state index in [0.29, 0.717) is 0 Å². The smallest absolute Gasteiger partial charge is 0.258 e. The van der Waals surface area contributed by atoms with Gasteiger partial charge in [-0.2, -0.15) is 0 Å². The van der Waals surface area contributed by atoms with Gasteiger partial charge in [0, 0.05) is 12.1 Å². The maximum absolute atomic E-state index is 10.3. The minimum Gasteiger partial charge on any atom is -0.258 e. The molecule has 0 aliphatic heterocycles. The lowest BCUT2D eigenvalue weighted by atomic mass is 10.3. The number of nitrogens with one attached hydrogen (secondary N) is 1. The molecular weight excluding hydrogens is 214 g/mol. The van der Waals surface area contributed by atoms with Crippen molar-refractivity contribution in [2.24, 2.45) is 0 Å². The Balaban J connectivity index is 3.01. The molecule has 0 spiro atoms. The maximum Gasteiger partial charge on any atom is 0.271 e. The number of non-ortho nitro benzene ring substituents is 1. The third-order valence-corrected chi connectivity index (χ3v) is 1.69. The van der Waals surface area contributed by atoms with Crippen LogP contribution in [0.5, 0.6) is 0 Å². The molecule has 74 valence electrons. The van der Waals surface area contributed by atoms with Crippen molar-refractivity contribution in [1.82, 2.24) is 0 Å². The van der Waals surface area contributed by atoms with Crippen molar-refractivity contribution < 1.29 is 9.96 Å². The Morgan fingerprint density at radius 2 is 1.93 bits per heavy atom. The largest absolute Gasteiger partial charge is 0.271 e. The number of nitro groups is 2. The molecule has 0 heterocycles. The lowest BCUT2D eigenvalue weighted by Gasteiger charge is -1.99. The summed E-state index contributed by atoms with van der Waals surface area (Å²) < 4.78 is 0. The molecule has 1 aromatic rings. The number of halogens is 1. The van der Waals surface area contributed by atoms with Gasteiger partial charge in [0.05, 0.1) is 9.95 Å². The first-order valence-corrected chi connectivity index (χ1v) is 3.73. The highest BCUT2D eigenvalue weighted by Gasteiger charge is 2.11. The summed E-state index contributed by atoms with van der Waals surface area (Å²) in [6.45, 7) is 0. The van der Waals surface area contributed by atoms with E-state index >= 15 is 0 Å². The van der Waals surface area contributed by atoms with E-state index in [1.54, 1.807) is 5.43 Å². The molecule has 0 bridgehead atoms. The molecule has 0 fully saturated rings. The van der Waals surface area contributed by atoms with Crippen LogP contribution in [0.4, 0.5) is 11.4 Å². The number of rotatable bonds is 3. The first-order valence-electron chi connectivity index (χ1n) is 3.35. The van der Waals surface area contributed by atoms with Crippen LogP contribution in [0.15, 0.2) is 18.2 Å². The summed E-state index contributed by atoms with van der Waals surface area (Å²) in [4.78, 5) is 19.7. The van der Waals surface area contributed by atoms with Crippen LogP contribution in [-0.4, -0.2) is 9.96 Å². The predicted octanol–water partition coefficient (Wildman–Crippen LogP) is 1.85. The van der Waals surface area contributed by atoms with Crippen molar-refractivity contribution in [3.05, 3.63) is 43.5 Å². The topological polar surface area (TPSA) is 98.3 Å². The predicted molar refractivity (Wildman–Crippen MR) is 48.7 cm³/mol. The molecule has 0 atom stereocenters. The van der Waals surface area contributed by atoms with Crippen LogP contribution in [0.25, 0.3) is 0 Å². The van der Waals surface area contributed by atoms with E-state index in [4.69, 9.17) is 11.6 Å². The van der Waals surface area contributed by atoms with E-state index in [0.717, 1.165) is 12.1 Å². The third kappa shape index (κ3) is 2.30. The average Bonchev–Trinajstić information content (AvgIpc) is 2.07. The van der Waals surface area contributed by atoms with Gasteiger partial charge in [0.2, 0.25) is 0 Å². The van der Waals surface area contributed by atoms with E-state index in [2.05, 4.69) is 0 Å². The summed E-state index contributed by atoms with van der Waals surface area (Å²) in [5.74, 6) is 0. The quantitative estimate of drug-likeness (QED) is 0.615. The number of hydrazine groups is 1. The molecule has 0 amide bonds. The zero-order chi connectivity index (χ0) is 10.7. The molecule has 0 saturated heterocycles. The highest BCUT2D eigenvalue weighted by atomic mass is 35.5. The fourth-order valence-corrected chi connectivity index (χ4v) is 1.02. The Hall–Kier alpha value is -1.89. The van der Waals surface area contributed by atoms with E-state index < -0.39 is 9.96 Å². The highest BCUT2D eigenvalue weighted by Crippen LogP contribution is 2.26. The fraction of sp³-hybridized carbons (Fsp3) is 0. The number of hydrogen-bond donors (Lipinski definition) is 1. The standard InChI is InChI=1S/C6H4ClN3O4/c7-5-3-4(9(11)12)1-2-6(5)8-10(13)14/h1-3,8H. The van der Waals surface area contributed by atoms with Crippen molar-refractivity contribution in [2.75, 3.05) is 5.43 Å². The Morgan fingerprint density at radius 1 is 1.29 bits per heavy atom. The van der Waals surface area contributed by atoms with E-state index in [1.165, 1.54) is 6.07 Å². The number of anilines is 1. The van der Waals surface area contributed by atoms with Gasteiger partial charge in [-0.15, -0.1) is 5.43 Å².